The van der Waals surface area contributed by atoms with Gasteiger partial charge in [0.05, 0.1) is 29.0 Å². The van der Waals surface area contributed by atoms with E-state index in [1.54, 1.807) is 0 Å². The van der Waals surface area contributed by atoms with E-state index in [9.17, 15) is 5.11 Å². The fourth-order valence-electron chi connectivity index (χ4n) is 4.10. The molecule has 5 heteroatoms. The highest BCUT2D eigenvalue weighted by Crippen LogP contribution is 2.31. The zero-order valence-corrected chi connectivity index (χ0v) is 19.1. The molecule has 1 heterocycles. The van der Waals surface area contributed by atoms with Crippen LogP contribution in [0.4, 0.5) is 5.69 Å². The summed E-state index contributed by atoms with van der Waals surface area (Å²) in [7, 11) is 2.07. The average molecular weight is 422 g/mol. The lowest BCUT2D eigenvalue weighted by molar-refractivity contribution is -0.0254. The number of piperidine rings is 1. The van der Waals surface area contributed by atoms with Crippen molar-refractivity contribution in [3.63, 3.8) is 0 Å². The number of para-hydroxylation sites is 2. The maximum absolute atomic E-state index is 11.1. The van der Waals surface area contributed by atoms with E-state index in [-0.39, 0.29) is 6.10 Å². The number of hydrogen-bond acceptors (Lipinski definition) is 5. The van der Waals surface area contributed by atoms with E-state index < -0.39 is 5.60 Å². The van der Waals surface area contributed by atoms with Gasteiger partial charge in [-0.3, -0.25) is 0 Å². The molecule has 1 saturated heterocycles. The molecule has 166 valence electrons. The van der Waals surface area contributed by atoms with E-state index in [4.69, 9.17) is 10.00 Å². The van der Waals surface area contributed by atoms with Crippen molar-refractivity contribution in [2.45, 2.75) is 51.2 Å². The van der Waals surface area contributed by atoms with Gasteiger partial charge in [0.15, 0.2) is 0 Å². The van der Waals surface area contributed by atoms with Crippen molar-refractivity contribution in [1.29, 1.82) is 5.26 Å². The number of rotatable bonds is 9. The molecule has 1 N–H and O–H groups in total. The molecular formula is C26H35N3O2. The largest absolute Gasteiger partial charge is 0.489 e. The molecule has 2 aromatic carbocycles. The van der Waals surface area contributed by atoms with Crippen molar-refractivity contribution in [2.75, 3.05) is 38.1 Å². The molecule has 1 fully saturated rings. The summed E-state index contributed by atoms with van der Waals surface area (Å²) in [6, 6.07) is 18.1. The summed E-state index contributed by atoms with van der Waals surface area (Å²) < 4.78 is 5.95. The van der Waals surface area contributed by atoms with E-state index in [0.717, 1.165) is 63.3 Å². The summed E-state index contributed by atoms with van der Waals surface area (Å²) in [6.45, 7) is 7.69. The van der Waals surface area contributed by atoms with Gasteiger partial charge in [-0.2, -0.15) is 5.26 Å². The fraction of sp³-hybridized carbons (Fsp3) is 0.500. The molecule has 31 heavy (non-hydrogen) atoms. The first-order chi connectivity index (χ1) is 14.9. The summed E-state index contributed by atoms with van der Waals surface area (Å²) >= 11 is 0. The Labute approximate surface area is 186 Å². The van der Waals surface area contributed by atoms with Crippen LogP contribution in [0.3, 0.4) is 0 Å². The predicted molar refractivity (Wildman–Crippen MR) is 126 cm³/mol. The molecule has 0 bridgehead atoms. The highest BCUT2D eigenvalue weighted by molar-refractivity contribution is 5.58. The molecule has 0 unspecified atom stereocenters. The first kappa shape index (κ1) is 23.1. The van der Waals surface area contributed by atoms with Crippen molar-refractivity contribution in [2.24, 2.45) is 0 Å². The second kappa shape index (κ2) is 10.7. The third kappa shape index (κ3) is 6.72. The molecule has 0 amide bonds. The van der Waals surface area contributed by atoms with Crippen molar-refractivity contribution in [1.82, 2.24) is 4.90 Å². The van der Waals surface area contributed by atoms with Crippen LogP contribution in [0.5, 0.6) is 5.75 Å². The summed E-state index contributed by atoms with van der Waals surface area (Å²) in [5.41, 5.74) is 2.42. The standard InChI is InChI=1S/C26H35N3O2/c1-21(2)31-25-7-5-4-6-24(25)28(3)17-13-26(30)14-18-29(19-15-26)16-12-22-8-10-23(20-27)11-9-22/h4-11,21,30H,12-19H2,1-3H3. The van der Waals surface area contributed by atoms with E-state index in [1.807, 2.05) is 56.3 Å². The second-order valence-corrected chi connectivity index (χ2v) is 8.93. The average Bonchev–Trinajstić information content (AvgIpc) is 2.77. The topological polar surface area (TPSA) is 59.7 Å². The number of likely N-dealkylation sites (tertiary alicyclic amines) is 1. The van der Waals surface area contributed by atoms with Gasteiger partial charge in [0, 0.05) is 33.2 Å². The van der Waals surface area contributed by atoms with Crippen LogP contribution in [0, 0.1) is 11.3 Å². The van der Waals surface area contributed by atoms with Crippen LogP contribution in [-0.4, -0.2) is 54.9 Å². The zero-order valence-electron chi connectivity index (χ0n) is 19.1. The summed E-state index contributed by atoms with van der Waals surface area (Å²) in [6.07, 6.45) is 3.46. The molecule has 0 spiro atoms. The fourth-order valence-corrected chi connectivity index (χ4v) is 4.10. The van der Waals surface area contributed by atoms with Gasteiger partial charge in [-0.15, -0.1) is 0 Å². The van der Waals surface area contributed by atoms with Crippen LogP contribution in [0.2, 0.25) is 0 Å². The van der Waals surface area contributed by atoms with Gasteiger partial charge in [-0.25, -0.2) is 0 Å². The molecule has 0 aliphatic carbocycles. The Morgan fingerprint density at radius 3 is 2.45 bits per heavy atom. The van der Waals surface area contributed by atoms with Gasteiger partial charge in [-0.1, -0.05) is 24.3 Å². The van der Waals surface area contributed by atoms with Crippen LogP contribution in [0.25, 0.3) is 0 Å². The molecule has 1 aliphatic rings. The minimum absolute atomic E-state index is 0.132. The van der Waals surface area contributed by atoms with Crippen molar-refractivity contribution >= 4 is 5.69 Å². The second-order valence-electron chi connectivity index (χ2n) is 8.93. The van der Waals surface area contributed by atoms with Gasteiger partial charge < -0.3 is 19.6 Å². The monoisotopic (exact) mass is 421 g/mol. The van der Waals surface area contributed by atoms with Crippen LogP contribution in [0.1, 0.15) is 44.2 Å². The number of nitriles is 1. The Hall–Kier alpha value is -2.55. The summed E-state index contributed by atoms with van der Waals surface area (Å²) in [4.78, 5) is 4.62. The quantitative estimate of drug-likeness (QED) is 0.656. The molecule has 1 aliphatic heterocycles. The van der Waals surface area contributed by atoms with Crippen LogP contribution in [-0.2, 0) is 6.42 Å². The lowest BCUT2D eigenvalue weighted by atomic mass is 9.88. The molecule has 3 rings (SSSR count). The Bertz CT molecular complexity index is 865. The SMILES string of the molecule is CC(C)Oc1ccccc1N(C)CCC1(O)CCN(CCc2ccc(C#N)cc2)CC1. The number of hydrogen-bond donors (Lipinski definition) is 1. The van der Waals surface area contributed by atoms with Gasteiger partial charge in [-0.05, 0) is 69.4 Å². The molecule has 2 aromatic rings. The highest BCUT2D eigenvalue weighted by atomic mass is 16.5. The smallest absolute Gasteiger partial charge is 0.142 e. The Morgan fingerprint density at radius 1 is 1.13 bits per heavy atom. The number of aliphatic hydroxyl groups is 1. The Kier molecular flexibility index (Phi) is 7.95. The van der Waals surface area contributed by atoms with E-state index >= 15 is 0 Å². The van der Waals surface area contributed by atoms with Crippen molar-refractivity contribution < 1.29 is 9.84 Å². The van der Waals surface area contributed by atoms with E-state index in [2.05, 4.69) is 29.0 Å². The van der Waals surface area contributed by atoms with Crippen molar-refractivity contribution in [3.05, 3.63) is 59.7 Å². The lowest BCUT2D eigenvalue weighted by Crippen LogP contribution is -2.46. The van der Waals surface area contributed by atoms with Gasteiger partial charge in [0.1, 0.15) is 5.75 Å². The lowest BCUT2D eigenvalue weighted by Gasteiger charge is -2.39. The molecular weight excluding hydrogens is 386 g/mol. The normalized spacial score (nSPS) is 16.1. The first-order valence-electron chi connectivity index (χ1n) is 11.3. The first-order valence-corrected chi connectivity index (χ1v) is 11.3. The number of ether oxygens (including phenoxy) is 1. The zero-order chi connectivity index (χ0) is 22.3. The third-order valence-corrected chi connectivity index (χ3v) is 6.14. The Balaban J connectivity index is 1.46. The number of benzene rings is 2. The van der Waals surface area contributed by atoms with Crippen molar-refractivity contribution in [3.8, 4) is 11.8 Å². The summed E-state index contributed by atoms with van der Waals surface area (Å²) in [5, 5.41) is 20.0. The molecule has 0 saturated carbocycles. The van der Waals surface area contributed by atoms with Gasteiger partial charge in [0.2, 0.25) is 0 Å². The molecule has 5 nitrogen and oxygen atoms in total. The Morgan fingerprint density at radius 2 is 1.81 bits per heavy atom. The number of anilines is 1. The minimum Gasteiger partial charge on any atom is -0.489 e. The molecule has 0 aromatic heterocycles. The third-order valence-electron chi connectivity index (χ3n) is 6.14. The maximum atomic E-state index is 11.1. The van der Waals surface area contributed by atoms with E-state index in [0.29, 0.717) is 5.56 Å². The van der Waals surface area contributed by atoms with Crippen LogP contribution in [0.15, 0.2) is 48.5 Å². The van der Waals surface area contributed by atoms with E-state index in [1.165, 1.54) is 5.56 Å². The summed E-state index contributed by atoms with van der Waals surface area (Å²) in [5.74, 6) is 0.893. The van der Waals surface area contributed by atoms with Gasteiger partial charge in [0.25, 0.3) is 0 Å². The molecule has 0 radical (unpaired) electrons. The maximum Gasteiger partial charge on any atom is 0.142 e. The highest BCUT2D eigenvalue weighted by Gasteiger charge is 2.32. The van der Waals surface area contributed by atoms with Crippen LogP contribution >= 0.6 is 0 Å². The predicted octanol–water partition coefficient (Wildman–Crippen LogP) is 4.24. The number of nitrogens with zero attached hydrogens (tertiary/aromatic N) is 3. The van der Waals surface area contributed by atoms with Gasteiger partial charge >= 0.3 is 0 Å². The minimum atomic E-state index is -0.604. The molecule has 0 atom stereocenters. The van der Waals surface area contributed by atoms with Crippen LogP contribution < -0.4 is 9.64 Å².